The molecule has 6 nitrogen and oxygen atoms in total. The Hall–Kier alpha value is -1.66. The molecule has 4 N–H and O–H groups in total. The largest absolute Gasteiger partial charge is 0.393 e. The molecule has 1 fully saturated rings. The second kappa shape index (κ2) is 5.32. The number of rotatable bonds is 2. The minimum absolute atomic E-state index is 0.0950. The van der Waals surface area contributed by atoms with E-state index >= 15 is 0 Å². The molecular formula is C12H18N4O2. The first kappa shape index (κ1) is 12.8. The number of anilines is 1. The highest BCUT2D eigenvalue weighted by Crippen LogP contribution is 2.19. The van der Waals surface area contributed by atoms with Crippen LogP contribution in [0.1, 0.15) is 28.9 Å². The van der Waals surface area contributed by atoms with Gasteiger partial charge in [0.05, 0.1) is 17.4 Å². The summed E-state index contributed by atoms with van der Waals surface area (Å²) in [6.45, 7) is 2.97. The molecule has 2 rings (SSSR count). The standard InChI is InChI=1S/C12H18N4O2/c1-8-6-11(15-13)10(7-14-8)12(18)16-4-2-9(17)3-5-16/h6-7,9,17H,2-5,13H2,1H3,(H,14,15). The van der Waals surface area contributed by atoms with E-state index in [-0.39, 0.29) is 12.0 Å². The number of amides is 1. The second-order valence-corrected chi connectivity index (χ2v) is 4.54. The molecule has 1 aliphatic heterocycles. The summed E-state index contributed by atoms with van der Waals surface area (Å²) in [6, 6.07) is 1.74. The molecular weight excluding hydrogens is 232 g/mol. The number of aliphatic hydroxyl groups is 1. The van der Waals surface area contributed by atoms with Crippen LogP contribution in [-0.2, 0) is 0 Å². The zero-order valence-electron chi connectivity index (χ0n) is 10.4. The van der Waals surface area contributed by atoms with E-state index in [1.807, 2.05) is 6.92 Å². The summed E-state index contributed by atoms with van der Waals surface area (Å²) in [7, 11) is 0. The lowest BCUT2D eigenvalue weighted by molar-refractivity contribution is 0.0547. The number of aromatic nitrogens is 1. The van der Waals surface area contributed by atoms with Gasteiger partial charge in [0, 0.05) is 25.0 Å². The van der Waals surface area contributed by atoms with E-state index < -0.39 is 0 Å². The molecule has 2 heterocycles. The van der Waals surface area contributed by atoms with E-state index in [1.54, 1.807) is 11.0 Å². The number of nitrogens with two attached hydrogens (primary N) is 1. The van der Waals surface area contributed by atoms with Crippen molar-refractivity contribution in [1.82, 2.24) is 9.88 Å². The van der Waals surface area contributed by atoms with Crippen LogP contribution in [0.25, 0.3) is 0 Å². The second-order valence-electron chi connectivity index (χ2n) is 4.54. The van der Waals surface area contributed by atoms with Crippen molar-refractivity contribution in [2.75, 3.05) is 18.5 Å². The first-order valence-corrected chi connectivity index (χ1v) is 6.02. The Morgan fingerprint density at radius 1 is 1.56 bits per heavy atom. The predicted molar refractivity (Wildman–Crippen MR) is 67.9 cm³/mol. The van der Waals surface area contributed by atoms with Crippen LogP contribution in [0.2, 0.25) is 0 Å². The highest BCUT2D eigenvalue weighted by molar-refractivity contribution is 5.99. The number of carbonyl (C=O) groups is 1. The quantitative estimate of drug-likeness (QED) is 0.518. The van der Waals surface area contributed by atoms with Crippen LogP contribution in [-0.4, -0.2) is 40.1 Å². The molecule has 0 bridgehead atoms. The number of hydrogen-bond acceptors (Lipinski definition) is 5. The van der Waals surface area contributed by atoms with E-state index in [4.69, 9.17) is 5.84 Å². The van der Waals surface area contributed by atoms with Gasteiger partial charge in [0.15, 0.2) is 0 Å². The summed E-state index contributed by atoms with van der Waals surface area (Å²) in [5.74, 6) is 5.33. The highest BCUT2D eigenvalue weighted by atomic mass is 16.3. The summed E-state index contributed by atoms with van der Waals surface area (Å²) in [4.78, 5) is 18.2. The Labute approximate surface area is 106 Å². The Bertz CT molecular complexity index is 442. The van der Waals surface area contributed by atoms with E-state index in [2.05, 4.69) is 10.4 Å². The van der Waals surface area contributed by atoms with E-state index in [9.17, 15) is 9.90 Å². The monoisotopic (exact) mass is 250 g/mol. The summed E-state index contributed by atoms with van der Waals surface area (Å²) < 4.78 is 0. The molecule has 18 heavy (non-hydrogen) atoms. The minimum Gasteiger partial charge on any atom is -0.393 e. The molecule has 1 aromatic rings. The van der Waals surface area contributed by atoms with Crippen LogP contribution >= 0.6 is 0 Å². The van der Waals surface area contributed by atoms with Gasteiger partial charge in [-0.25, -0.2) is 0 Å². The predicted octanol–water partition coefficient (Wildman–Crippen LogP) is 0.273. The van der Waals surface area contributed by atoms with E-state index in [0.717, 1.165) is 5.69 Å². The number of hydrazine groups is 1. The van der Waals surface area contributed by atoms with Gasteiger partial charge in [-0.1, -0.05) is 0 Å². The maximum absolute atomic E-state index is 12.3. The van der Waals surface area contributed by atoms with Crippen LogP contribution in [0.3, 0.4) is 0 Å². The lowest BCUT2D eigenvalue weighted by Gasteiger charge is -2.30. The summed E-state index contributed by atoms with van der Waals surface area (Å²) in [5.41, 5.74) is 4.38. The van der Waals surface area contributed by atoms with Gasteiger partial charge < -0.3 is 15.4 Å². The Morgan fingerprint density at radius 2 is 2.22 bits per heavy atom. The molecule has 0 atom stereocenters. The van der Waals surface area contributed by atoms with Gasteiger partial charge in [-0.3, -0.25) is 15.6 Å². The lowest BCUT2D eigenvalue weighted by atomic mass is 10.1. The first-order valence-electron chi connectivity index (χ1n) is 6.02. The van der Waals surface area contributed by atoms with Crippen molar-refractivity contribution in [3.63, 3.8) is 0 Å². The van der Waals surface area contributed by atoms with Crippen LogP contribution in [0.15, 0.2) is 12.3 Å². The number of likely N-dealkylation sites (tertiary alicyclic amines) is 1. The van der Waals surface area contributed by atoms with Crippen LogP contribution in [0.5, 0.6) is 0 Å². The lowest BCUT2D eigenvalue weighted by Crippen LogP contribution is -2.40. The van der Waals surface area contributed by atoms with Crippen molar-refractivity contribution in [2.24, 2.45) is 5.84 Å². The highest BCUT2D eigenvalue weighted by Gasteiger charge is 2.24. The third kappa shape index (κ3) is 2.60. The third-order valence-electron chi connectivity index (χ3n) is 3.18. The molecule has 0 saturated carbocycles. The smallest absolute Gasteiger partial charge is 0.257 e. The summed E-state index contributed by atoms with van der Waals surface area (Å²) >= 11 is 0. The first-order chi connectivity index (χ1) is 8.61. The number of nitrogen functional groups attached to an aromatic ring is 1. The molecule has 0 aromatic carbocycles. The maximum Gasteiger partial charge on any atom is 0.257 e. The van der Waals surface area contributed by atoms with Crippen molar-refractivity contribution in [3.8, 4) is 0 Å². The van der Waals surface area contributed by atoms with Gasteiger partial charge in [0.25, 0.3) is 5.91 Å². The molecule has 6 heteroatoms. The van der Waals surface area contributed by atoms with Gasteiger partial charge in [-0.05, 0) is 25.8 Å². The van der Waals surface area contributed by atoms with Crippen molar-refractivity contribution in [2.45, 2.75) is 25.9 Å². The van der Waals surface area contributed by atoms with Gasteiger partial charge in [0.2, 0.25) is 0 Å². The van der Waals surface area contributed by atoms with Gasteiger partial charge in [-0.15, -0.1) is 0 Å². The van der Waals surface area contributed by atoms with E-state index in [1.165, 1.54) is 6.20 Å². The van der Waals surface area contributed by atoms with Crippen molar-refractivity contribution in [3.05, 3.63) is 23.5 Å². The molecule has 1 aromatic heterocycles. The van der Waals surface area contributed by atoms with Crippen molar-refractivity contribution >= 4 is 11.6 Å². The van der Waals surface area contributed by atoms with Gasteiger partial charge >= 0.3 is 0 Å². The SMILES string of the molecule is Cc1cc(NN)c(C(=O)N2CCC(O)CC2)cn1. The fourth-order valence-corrected chi connectivity index (χ4v) is 2.09. The van der Waals surface area contributed by atoms with Crippen LogP contribution < -0.4 is 11.3 Å². The fraction of sp³-hybridized carbons (Fsp3) is 0.500. The van der Waals surface area contributed by atoms with E-state index in [0.29, 0.717) is 37.2 Å². The van der Waals surface area contributed by atoms with Crippen LogP contribution in [0.4, 0.5) is 5.69 Å². The van der Waals surface area contributed by atoms with Crippen molar-refractivity contribution in [1.29, 1.82) is 0 Å². The normalized spacial score (nSPS) is 16.7. The van der Waals surface area contributed by atoms with Crippen LogP contribution in [0, 0.1) is 6.92 Å². The number of aliphatic hydroxyl groups excluding tert-OH is 1. The maximum atomic E-state index is 12.3. The molecule has 0 spiro atoms. The molecule has 0 unspecified atom stereocenters. The number of nitrogens with zero attached hydrogens (tertiary/aromatic N) is 2. The number of carbonyl (C=O) groups excluding carboxylic acids is 1. The topological polar surface area (TPSA) is 91.5 Å². The number of nitrogens with one attached hydrogen (secondary N) is 1. The summed E-state index contributed by atoms with van der Waals surface area (Å²) in [5, 5.41) is 9.43. The molecule has 1 saturated heterocycles. The van der Waals surface area contributed by atoms with Crippen molar-refractivity contribution < 1.29 is 9.90 Å². The fourth-order valence-electron chi connectivity index (χ4n) is 2.09. The molecule has 1 aliphatic rings. The average Bonchev–Trinajstić information content (AvgIpc) is 2.38. The summed E-state index contributed by atoms with van der Waals surface area (Å²) in [6.07, 6.45) is 2.49. The minimum atomic E-state index is -0.294. The Kier molecular flexibility index (Phi) is 3.78. The Morgan fingerprint density at radius 3 is 2.83 bits per heavy atom. The number of hydrogen-bond donors (Lipinski definition) is 3. The number of aryl methyl sites for hydroxylation is 1. The zero-order chi connectivity index (χ0) is 13.1. The number of pyridine rings is 1. The third-order valence-corrected chi connectivity index (χ3v) is 3.18. The molecule has 0 aliphatic carbocycles. The average molecular weight is 250 g/mol. The number of piperidine rings is 1. The van der Waals surface area contributed by atoms with Gasteiger partial charge in [-0.2, -0.15) is 0 Å². The zero-order valence-corrected chi connectivity index (χ0v) is 10.4. The molecule has 0 radical (unpaired) electrons. The van der Waals surface area contributed by atoms with Gasteiger partial charge in [0.1, 0.15) is 0 Å². The Balaban J connectivity index is 2.18. The molecule has 98 valence electrons. The molecule has 1 amide bonds.